The third-order valence-electron chi connectivity index (χ3n) is 6.36. The van der Waals surface area contributed by atoms with E-state index in [1.807, 2.05) is 42.6 Å². The Kier molecular flexibility index (Phi) is 6.70. The van der Waals surface area contributed by atoms with Gasteiger partial charge in [-0.15, -0.1) is 0 Å². The van der Waals surface area contributed by atoms with E-state index in [4.69, 9.17) is 10.7 Å². The number of nitrogens with zero attached hydrogens (tertiary/aromatic N) is 2. The van der Waals surface area contributed by atoms with E-state index in [0.717, 1.165) is 28.0 Å². The zero-order valence-corrected chi connectivity index (χ0v) is 20.4. The quantitative estimate of drug-likeness (QED) is 0.323. The number of aromatic nitrogens is 2. The maximum absolute atomic E-state index is 11.5. The van der Waals surface area contributed by atoms with Crippen molar-refractivity contribution in [1.29, 1.82) is 0 Å². The number of para-hydroxylation sites is 1. The molecule has 0 aliphatic carbocycles. The lowest BCUT2D eigenvalue weighted by Gasteiger charge is -2.44. The Balaban J connectivity index is 2.24. The van der Waals surface area contributed by atoms with E-state index in [-0.39, 0.29) is 0 Å². The molecule has 164 valence electrons. The van der Waals surface area contributed by atoms with E-state index in [0.29, 0.717) is 16.6 Å². The number of hydrogen-bond donors (Lipinski definition) is 2. The summed E-state index contributed by atoms with van der Waals surface area (Å²) >= 11 is 0. The molecule has 0 aliphatic heterocycles. The van der Waals surface area contributed by atoms with Gasteiger partial charge in [-0.05, 0) is 40.9 Å². The number of anilines is 2. The lowest BCUT2D eigenvalue weighted by Crippen LogP contribution is -2.51. The predicted octanol–water partition coefficient (Wildman–Crippen LogP) is 6.30. The summed E-state index contributed by atoms with van der Waals surface area (Å²) in [6.45, 7) is 14.0. The number of nitrogens with one attached hydrogen (secondary N) is 1. The normalized spacial score (nSPS) is 12.5. The van der Waals surface area contributed by atoms with E-state index in [9.17, 15) is 4.79 Å². The van der Waals surface area contributed by atoms with Gasteiger partial charge >= 0.3 is 0 Å². The van der Waals surface area contributed by atoms with Crippen LogP contribution in [0, 0.1) is 0 Å². The SMILES string of the molecule is CC(C)[Si](C(C)C)(C(C)C)n1cc(/C=C\C(N)=O)c2cc(Nc3ccccc3)cnc21. The summed E-state index contributed by atoms with van der Waals surface area (Å²) in [6.07, 6.45) is 7.33. The molecule has 0 aliphatic rings. The predicted molar refractivity (Wildman–Crippen MR) is 134 cm³/mol. The molecule has 2 heterocycles. The zero-order chi connectivity index (χ0) is 22.8. The molecule has 0 atom stereocenters. The molecule has 3 rings (SSSR count). The maximum atomic E-state index is 11.5. The van der Waals surface area contributed by atoms with Crippen LogP contribution in [0.2, 0.25) is 16.6 Å². The molecule has 0 saturated carbocycles. The van der Waals surface area contributed by atoms with Crippen LogP contribution in [0.3, 0.4) is 0 Å². The largest absolute Gasteiger partial charge is 0.366 e. The highest BCUT2D eigenvalue weighted by Gasteiger charge is 2.46. The van der Waals surface area contributed by atoms with Crippen molar-refractivity contribution in [2.45, 2.75) is 58.2 Å². The second-order valence-electron chi connectivity index (χ2n) is 9.13. The molecule has 0 fully saturated rings. The minimum atomic E-state index is -2.01. The smallest absolute Gasteiger partial charge is 0.241 e. The number of carbonyl (C=O) groups is 1. The molecule has 0 spiro atoms. The number of hydrogen-bond acceptors (Lipinski definition) is 3. The molecule has 0 unspecified atom stereocenters. The van der Waals surface area contributed by atoms with Gasteiger partial charge in [0.15, 0.2) is 8.24 Å². The number of nitrogens with two attached hydrogens (primary N) is 1. The van der Waals surface area contributed by atoms with Gasteiger partial charge in [0.05, 0.1) is 11.9 Å². The Morgan fingerprint density at radius 3 is 2.19 bits per heavy atom. The highest BCUT2D eigenvalue weighted by molar-refractivity contribution is 6.82. The van der Waals surface area contributed by atoms with Crippen LogP contribution < -0.4 is 11.1 Å². The summed E-state index contributed by atoms with van der Waals surface area (Å²) in [5.74, 6) is -0.451. The summed E-state index contributed by atoms with van der Waals surface area (Å²) in [4.78, 5) is 16.4. The van der Waals surface area contributed by atoms with Gasteiger partial charge in [0.2, 0.25) is 5.91 Å². The topological polar surface area (TPSA) is 72.9 Å². The number of benzene rings is 1. The minimum absolute atomic E-state index is 0.451. The highest BCUT2D eigenvalue weighted by atomic mass is 28.3. The second kappa shape index (κ2) is 9.10. The number of pyridine rings is 1. The van der Waals surface area contributed by atoms with Crippen LogP contribution in [0.1, 0.15) is 47.1 Å². The van der Waals surface area contributed by atoms with Gasteiger partial charge in [-0.1, -0.05) is 59.7 Å². The van der Waals surface area contributed by atoms with Crippen LogP contribution in [0.25, 0.3) is 17.1 Å². The molecular weight excluding hydrogens is 400 g/mol. The van der Waals surface area contributed by atoms with E-state index in [2.05, 4.69) is 63.4 Å². The Bertz CT molecular complexity index is 1060. The number of amides is 1. The summed E-state index contributed by atoms with van der Waals surface area (Å²) in [7, 11) is -2.01. The third-order valence-corrected chi connectivity index (χ3v) is 13.1. The molecule has 31 heavy (non-hydrogen) atoms. The van der Waals surface area contributed by atoms with E-state index >= 15 is 0 Å². The fourth-order valence-corrected chi connectivity index (χ4v) is 11.9. The van der Waals surface area contributed by atoms with Crippen molar-refractivity contribution in [3.8, 4) is 0 Å². The summed E-state index contributed by atoms with van der Waals surface area (Å²) in [5.41, 5.74) is 10.9. The first kappa shape index (κ1) is 22.8. The Morgan fingerprint density at radius 2 is 1.65 bits per heavy atom. The van der Waals surface area contributed by atoms with Crippen molar-refractivity contribution in [2.75, 3.05) is 5.32 Å². The van der Waals surface area contributed by atoms with Gasteiger partial charge in [-0.25, -0.2) is 4.98 Å². The Hall–Kier alpha value is -2.86. The van der Waals surface area contributed by atoms with Crippen molar-refractivity contribution in [3.05, 3.63) is 60.4 Å². The number of primary amides is 1. The lowest BCUT2D eigenvalue weighted by atomic mass is 10.2. The van der Waals surface area contributed by atoms with Gasteiger partial charge in [-0.2, -0.15) is 0 Å². The van der Waals surface area contributed by atoms with Crippen LogP contribution in [0.4, 0.5) is 11.4 Å². The third kappa shape index (κ3) is 4.30. The first-order chi connectivity index (χ1) is 14.7. The summed E-state index contributed by atoms with van der Waals surface area (Å²) < 4.78 is 2.47. The first-order valence-electron chi connectivity index (χ1n) is 11.0. The van der Waals surface area contributed by atoms with Crippen LogP contribution in [0.5, 0.6) is 0 Å². The molecule has 1 amide bonds. The average Bonchev–Trinajstić information content (AvgIpc) is 3.05. The van der Waals surface area contributed by atoms with Crippen LogP contribution in [-0.2, 0) is 4.79 Å². The second-order valence-corrected chi connectivity index (χ2v) is 14.8. The molecule has 3 aromatic rings. The minimum Gasteiger partial charge on any atom is -0.366 e. The van der Waals surface area contributed by atoms with Crippen molar-refractivity contribution >= 4 is 42.6 Å². The highest BCUT2D eigenvalue weighted by Crippen LogP contribution is 2.44. The van der Waals surface area contributed by atoms with Gasteiger partial charge < -0.3 is 15.3 Å². The molecule has 1 aromatic carbocycles. The Labute approximate surface area is 186 Å². The Morgan fingerprint density at radius 1 is 1.03 bits per heavy atom. The van der Waals surface area contributed by atoms with Gasteiger partial charge in [0, 0.05) is 28.9 Å². The van der Waals surface area contributed by atoms with Crippen LogP contribution >= 0.6 is 0 Å². The van der Waals surface area contributed by atoms with E-state index < -0.39 is 14.1 Å². The number of fused-ring (bicyclic) bond motifs is 1. The molecule has 6 heteroatoms. The average molecular weight is 435 g/mol. The summed E-state index contributed by atoms with van der Waals surface area (Å²) in [6, 6.07) is 12.2. The molecule has 0 bridgehead atoms. The van der Waals surface area contributed by atoms with Crippen molar-refractivity contribution in [2.24, 2.45) is 5.73 Å². The number of rotatable bonds is 8. The van der Waals surface area contributed by atoms with Crippen LogP contribution in [0.15, 0.2) is 54.9 Å². The molecule has 5 nitrogen and oxygen atoms in total. The molecule has 0 radical (unpaired) electrons. The van der Waals surface area contributed by atoms with Crippen molar-refractivity contribution in [1.82, 2.24) is 9.22 Å². The zero-order valence-electron chi connectivity index (χ0n) is 19.4. The molecule has 3 N–H and O–H groups in total. The van der Waals surface area contributed by atoms with Crippen molar-refractivity contribution in [3.63, 3.8) is 0 Å². The van der Waals surface area contributed by atoms with Gasteiger partial charge in [-0.3, -0.25) is 4.79 Å². The van der Waals surface area contributed by atoms with Gasteiger partial charge in [0.25, 0.3) is 0 Å². The summed E-state index contributed by atoms with van der Waals surface area (Å²) in [5, 5.41) is 4.45. The molecule has 2 aromatic heterocycles. The van der Waals surface area contributed by atoms with E-state index in [1.54, 1.807) is 0 Å². The fraction of sp³-hybridized carbons (Fsp3) is 0.360. The lowest BCUT2D eigenvalue weighted by molar-refractivity contribution is -0.113. The fourth-order valence-electron chi connectivity index (χ4n) is 5.32. The molecule has 0 saturated heterocycles. The van der Waals surface area contributed by atoms with Crippen LogP contribution in [-0.4, -0.2) is 23.4 Å². The van der Waals surface area contributed by atoms with E-state index in [1.165, 1.54) is 6.08 Å². The first-order valence-corrected chi connectivity index (χ1v) is 13.2. The monoisotopic (exact) mass is 434 g/mol. The maximum Gasteiger partial charge on any atom is 0.241 e. The van der Waals surface area contributed by atoms with Crippen molar-refractivity contribution < 1.29 is 4.79 Å². The number of carbonyl (C=O) groups excluding carboxylic acids is 1. The molecular formula is C25H34N4OSi. The van der Waals surface area contributed by atoms with Gasteiger partial charge in [0.1, 0.15) is 5.65 Å². The standard InChI is InChI=1S/C25H34N4OSi/c1-17(2)31(18(3)4,19(5)6)29-16-20(12-13-24(26)30)23-14-22(15-27-25(23)29)28-21-10-8-7-9-11-21/h7-19,28H,1-6H3,(H2,26,30)/b13-12-.